The zero-order chi connectivity index (χ0) is 12.4. The van der Waals surface area contributed by atoms with Crippen molar-refractivity contribution >= 4 is 0 Å². The fourth-order valence-corrected chi connectivity index (χ4v) is 2.23. The minimum Gasteiger partial charge on any atom is -0.486 e. The van der Waals surface area contributed by atoms with E-state index in [2.05, 4.69) is 5.32 Å². The van der Waals surface area contributed by atoms with E-state index in [1.165, 1.54) is 0 Å². The van der Waals surface area contributed by atoms with Crippen LogP contribution in [0.2, 0.25) is 0 Å². The number of hydrogen-bond acceptors (Lipinski definition) is 4. The fraction of sp³-hybridized carbons (Fsp3) is 0.286. The molecule has 1 atom stereocenters. The van der Waals surface area contributed by atoms with E-state index in [1.807, 2.05) is 37.4 Å². The monoisotopic (exact) mass is 245 g/mol. The Kier molecular flexibility index (Phi) is 2.94. The van der Waals surface area contributed by atoms with Crippen molar-refractivity contribution in [2.45, 2.75) is 6.04 Å². The van der Waals surface area contributed by atoms with Crippen LogP contribution in [-0.2, 0) is 0 Å². The van der Waals surface area contributed by atoms with Crippen LogP contribution in [0, 0.1) is 0 Å². The highest BCUT2D eigenvalue weighted by Gasteiger charge is 2.23. The maximum Gasteiger partial charge on any atom is 0.166 e. The number of nitrogens with one attached hydrogen (secondary N) is 1. The maximum atomic E-state index is 5.73. The summed E-state index contributed by atoms with van der Waals surface area (Å²) in [4.78, 5) is 0. The molecule has 4 heteroatoms. The van der Waals surface area contributed by atoms with Crippen LogP contribution < -0.4 is 14.8 Å². The third-order valence-corrected chi connectivity index (χ3v) is 3.02. The van der Waals surface area contributed by atoms with Crippen LogP contribution in [0.5, 0.6) is 11.5 Å². The second kappa shape index (κ2) is 4.74. The van der Waals surface area contributed by atoms with Gasteiger partial charge in [0.25, 0.3) is 0 Å². The quantitative estimate of drug-likeness (QED) is 0.901. The number of ether oxygens (including phenoxy) is 2. The molecule has 2 heterocycles. The van der Waals surface area contributed by atoms with Crippen LogP contribution in [0.15, 0.2) is 41.0 Å². The lowest BCUT2D eigenvalue weighted by Crippen LogP contribution is -2.22. The number of benzene rings is 1. The van der Waals surface area contributed by atoms with Crippen molar-refractivity contribution in [3.8, 4) is 11.5 Å². The highest BCUT2D eigenvalue weighted by Crippen LogP contribution is 2.38. The average Bonchev–Trinajstić information content (AvgIpc) is 2.94. The summed E-state index contributed by atoms with van der Waals surface area (Å²) >= 11 is 0. The number of para-hydroxylation sites is 1. The highest BCUT2D eigenvalue weighted by molar-refractivity contribution is 5.50. The fourth-order valence-electron chi connectivity index (χ4n) is 2.23. The summed E-state index contributed by atoms with van der Waals surface area (Å²) in [5.74, 6) is 2.46. The highest BCUT2D eigenvalue weighted by atomic mass is 16.6. The molecule has 0 bridgehead atoms. The van der Waals surface area contributed by atoms with Crippen molar-refractivity contribution < 1.29 is 13.9 Å². The van der Waals surface area contributed by atoms with E-state index in [0.29, 0.717) is 13.2 Å². The van der Waals surface area contributed by atoms with Crippen LogP contribution >= 0.6 is 0 Å². The molecule has 2 aromatic rings. The molecule has 1 aliphatic heterocycles. The zero-order valence-electron chi connectivity index (χ0n) is 10.2. The Bertz CT molecular complexity index is 522. The minimum absolute atomic E-state index is 0.0309. The van der Waals surface area contributed by atoms with Gasteiger partial charge in [0.05, 0.1) is 12.3 Å². The van der Waals surface area contributed by atoms with Gasteiger partial charge >= 0.3 is 0 Å². The first-order valence-electron chi connectivity index (χ1n) is 5.99. The van der Waals surface area contributed by atoms with Crippen molar-refractivity contribution in [3.63, 3.8) is 0 Å². The standard InChI is InChI=1S/C14H15NO3/c1-15-13(11-6-3-7-16-11)10-4-2-5-12-14(10)18-9-8-17-12/h2-7,13,15H,8-9H2,1H3. The van der Waals surface area contributed by atoms with E-state index in [4.69, 9.17) is 13.9 Å². The zero-order valence-corrected chi connectivity index (χ0v) is 10.2. The Morgan fingerprint density at radius 1 is 1.11 bits per heavy atom. The Morgan fingerprint density at radius 2 is 2.00 bits per heavy atom. The van der Waals surface area contributed by atoms with Crippen LogP contribution in [0.1, 0.15) is 17.4 Å². The predicted molar refractivity (Wildman–Crippen MR) is 67.0 cm³/mol. The van der Waals surface area contributed by atoms with Gasteiger partial charge < -0.3 is 19.2 Å². The molecule has 0 saturated carbocycles. The van der Waals surface area contributed by atoms with Gasteiger partial charge in [0.15, 0.2) is 11.5 Å². The van der Waals surface area contributed by atoms with Gasteiger partial charge in [-0.25, -0.2) is 0 Å². The number of furan rings is 1. The van der Waals surface area contributed by atoms with E-state index >= 15 is 0 Å². The van der Waals surface area contributed by atoms with Gasteiger partial charge in [-0.2, -0.15) is 0 Å². The predicted octanol–water partition coefficient (Wildman–Crippen LogP) is 2.36. The second-order valence-corrected chi connectivity index (χ2v) is 4.11. The van der Waals surface area contributed by atoms with Crippen LogP contribution in [0.4, 0.5) is 0 Å². The molecular weight excluding hydrogens is 230 g/mol. The van der Waals surface area contributed by atoms with Gasteiger partial charge in [-0.15, -0.1) is 0 Å². The molecule has 18 heavy (non-hydrogen) atoms. The second-order valence-electron chi connectivity index (χ2n) is 4.11. The van der Waals surface area contributed by atoms with Crippen LogP contribution in [0.25, 0.3) is 0 Å². The third kappa shape index (κ3) is 1.84. The van der Waals surface area contributed by atoms with Gasteiger partial charge in [0.2, 0.25) is 0 Å². The largest absolute Gasteiger partial charge is 0.486 e. The van der Waals surface area contributed by atoms with Crippen molar-refractivity contribution in [1.82, 2.24) is 5.32 Å². The van der Waals surface area contributed by atoms with Crippen molar-refractivity contribution in [2.75, 3.05) is 20.3 Å². The SMILES string of the molecule is CNC(c1ccco1)c1cccc2c1OCCO2. The first-order chi connectivity index (χ1) is 8.90. The molecule has 3 rings (SSSR count). The Labute approximate surface area is 106 Å². The third-order valence-electron chi connectivity index (χ3n) is 3.02. The molecule has 1 N–H and O–H groups in total. The molecule has 0 radical (unpaired) electrons. The van der Waals surface area contributed by atoms with E-state index in [-0.39, 0.29) is 6.04 Å². The molecule has 0 aliphatic carbocycles. The van der Waals surface area contributed by atoms with Gasteiger partial charge in [0, 0.05) is 5.56 Å². The van der Waals surface area contributed by atoms with E-state index in [1.54, 1.807) is 6.26 Å². The van der Waals surface area contributed by atoms with E-state index in [0.717, 1.165) is 22.8 Å². The van der Waals surface area contributed by atoms with Crippen molar-refractivity contribution in [1.29, 1.82) is 0 Å². The summed E-state index contributed by atoms with van der Waals surface area (Å²) in [6, 6.07) is 9.72. The normalized spacial score (nSPS) is 15.4. The maximum absolute atomic E-state index is 5.73. The molecule has 1 aromatic heterocycles. The topological polar surface area (TPSA) is 43.6 Å². The summed E-state index contributed by atoms with van der Waals surface area (Å²) in [5, 5.41) is 3.24. The van der Waals surface area contributed by atoms with Gasteiger partial charge in [-0.3, -0.25) is 0 Å². The Morgan fingerprint density at radius 3 is 2.78 bits per heavy atom. The van der Waals surface area contributed by atoms with Crippen molar-refractivity contribution in [2.24, 2.45) is 0 Å². The molecule has 0 spiro atoms. The minimum atomic E-state index is -0.0309. The van der Waals surface area contributed by atoms with Crippen LogP contribution in [-0.4, -0.2) is 20.3 Å². The first-order valence-corrected chi connectivity index (χ1v) is 5.99. The summed E-state index contributed by atoms with van der Waals surface area (Å²) < 4.78 is 16.8. The lowest BCUT2D eigenvalue weighted by atomic mass is 10.0. The molecule has 0 saturated heterocycles. The molecule has 1 unspecified atom stereocenters. The van der Waals surface area contributed by atoms with E-state index in [9.17, 15) is 0 Å². The van der Waals surface area contributed by atoms with Crippen molar-refractivity contribution in [3.05, 3.63) is 47.9 Å². The summed E-state index contributed by atoms with van der Waals surface area (Å²) in [5.41, 5.74) is 1.03. The number of fused-ring (bicyclic) bond motifs is 1. The summed E-state index contributed by atoms with van der Waals surface area (Å²) in [6.45, 7) is 1.18. The summed E-state index contributed by atoms with van der Waals surface area (Å²) in [7, 11) is 1.90. The molecule has 94 valence electrons. The molecular formula is C14H15NO3. The smallest absolute Gasteiger partial charge is 0.166 e. The Hall–Kier alpha value is -1.94. The first kappa shape index (κ1) is 11.2. The van der Waals surface area contributed by atoms with Gasteiger partial charge in [-0.1, -0.05) is 12.1 Å². The lowest BCUT2D eigenvalue weighted by molar-refractivity contribution is 0.169. The lowest BCUT2D eigenvalue weighted by Gasteiger charge is -2.24. The number of hydrogen-bond donors (Lipinski definition) is 1. The summed E-state index contributed by atoms with van der Waals surface area (Å²) in [6.07, 6.45) is 1.67. The molecule has 1 aliphatic rings. The average molecular weight is 245 g/mol. The Balaban J connectivity index is 2.05. The molecule has 4 nitrogen and oxygen atoms in total. The number of rotatable bonds is 3. The van der Waals surface area contributed by atoms with Gasteiger partial charge in [0.1, 0.15) is 19.0 Å². The van der Waals surface area contributed by atoms with Gasteiger partial charge in [-0.05, 0) is 25.2 Å². The molecule has 1 aromatic carbocycles. The van der Waals surface area contributed by atoms with Crippen LogP contribution in [0.3, 0.4) is 0 Å². The van der Waals surface area contributed by atoms with E-state index < -0.39 is 0 Å². The molecule has 0 amide bonds. The molecule has 0 fully saturated rings.